The van der Waals surface area contributed by atoms with Crippen LogP contribution in [0.1, 0.15) is 23.1 Å². The molecule has 0 saturated heterocycles. The molecule has 1 aromatic rings. The van der Waals surface area contributed by atoms with Crippen molar-refractivity contribution < 1.29 is 9.53 Å². The highest BCUT2D eigenvalue weighted by atomic mass is 16.5. The molecule has 0 atom stereocenters. The second kappa shape index (κ2) is 3.43. The van der Waals surface area contributed by atoms with E-state index in [1.165, 1.54) is 0 Å². The third-order valence-corrected chi connectivity index (χ3v) is 1.86. The highest BCUT2D eigenvalue weighted by molar-refractivity contribution is 5.87. The number of carbonyl (C=O) groups is 1. The van der Waals surface area contributed by atoms with Crippen LogP contribution in [-0.4, -0.2) is 17.1 Å². The molecule has 0 aliphatic heterocycles. The van der Waals surface area contributed by atoms with Crippen LogP contribution in [-0.2, 0) is 11.8 Å². The molecule has 3 nitrogen and oxygen atoms in total. The molecule has 0 radical (unpaired) electrons. The maximum absolute atomic E-state index is 11.2. The van der Waals surface area contributed by atoms with Crippen molar-refractivity contribution in [1.82, 2.24) is 4.57 Å². The van der Waals surface area contributed by atoms with Gasteiger partial charge in [-0.15, -0.1) is 0 Å². The third-order valence-electron chi connectivity index (χ3n) is 1.86. The Bertz CT molecular complexity index is 289. The monoisotopic (exact) mass is 167 g/mol. The summed E-state index contributed by atoms with van der Waals surface area (Å²) in [5, 5.41) is 0. The summed E-state index contributed by atoms with van der Waals surface area (Å²) < 4.78 is 6.68. The Labute approximate surface area is 72.0 Å². The van der Waals surface area contributed by atoms with Gasteiger partial charge in [-0.05, 0) is 26.0 Å². The number of hydrogen-bond donors (Lipinski definition) is 0. The third kappa shape index (κ3) is 1.49. The average Bonchev–Trinajstić information content (AvgIpc) is 2.34. The molecule has 0 bridgehead atoms. The highest BCUT2D eigenvalue weighted by Gasteiger charge is 2.10. The lowest BCUT2D eigenvalue weighted by Gasteiger charge is -2.03. The topological polar surface area (TPSA) is 31.2 Å². The molecule has 0 spiro atoms. The molecular weight excluding hydrogens is 154 g/mol. The lowest BCUT2D eigenvalue weighted by atomic mass is 10.4. The molecular formula is C9H13NO2. The van der Waals surface area contributed by atoms with Gasteiger partial charge in [0.2, 0.25) is 0 Å². The first-order valence-electron chi connectivity index (χ1n) is 3.96. The molecule has 0 N–H and O–H groups in total. The van der Waals surface area contributed by atoms with E-state index in [9.17, 15) is 4.79 Å². The number of carbonyl (C=O) groups excluding carboxylic acids is 1. The van der Waals surface area contributed by atoms with Crippen LogP contribution in [0.5, 0.6) is 0 Å². The Hall–Kier alpha value is -1.25. The molecule has 1 aromatic heterocycles. The normalized spacial score (nSPS) is 9.92. The van der Waals surface area contributed by atoms with Crippen molar-refractivity contribution in [3.8, 4) is 0 Å². The van der Waals surface area contributed by atoms with Crippen molar-refractivity contribution in [3.05, 3.63) is 23.5 Å². The van der Waals surface area contributed by atoms with Gasteiger partial charge in [-0.3, -0.25) is 0 Å². The minimum absolute atomic E-state index is 0.256. The molecule has 0 amide bonds. The van der Waals surface area contributed by atoms with Crippen molar-refractivity contribution in [2.24, 2.45) is 7.05 Å². The fourth-order valence-electron chi connectivity index (χ4n) is 1.02. The molecule has 0 fully saturated rings. The van der Waals surface area contributed by atoms with Crippen LogP contribution in [0.3, 0.4) is 0 Å². The van der Waals surface area contributed by atoms with Gasteiger partial charge in [0.15, 0.2) is 0 Å². The van der Waals surface area contributed by atoms with Crippen LogP contribution in [0.15, 0.2) is 12.1 Å². The van der Waals surface area contributed by atoms with Crippen LogP contribution < -0.4 is 0 Å². The molecule has 3 heteroatoms. The summed E-state index contributed by atoms with van der Waals surface area (Å²) in [4.78, 5) is 11.2. The quantitative estimate of drug-likeness (QED) is 0.625. The van der Waals surface area contributed by atoms with E-state index in [4.69, 9.17) is 4.74 Å². The summed E-state index contributed by atoms with van der Waals surface area (Å²) in [6, 6.07) is 3.67. The van der Waals surface area contributed by atoms with E-state index in [0.29, 0.717) is 12.3 Å². The number of nitrogens with zero attached hydrogens (tertiary/aromatic N) is 1. The largest absolute Gasteiger partial charge is 0.461 e. The van der Waals surface area contributed by atoms with Gasteiger partial charge in [0.25, 0.3) is 0 Å². The number of esters is 1. The van der Waals surface area contributed by atoms with Crippen LogP contribution in [0.4, 0.5) is 0 Å². The molecule has 0 saturated carbocycles. The van der Waals surface area contributed by atoms with Gasteiger partial charge < -0.3 is 9.30 Å². The van der Waals surface area contributed by atoms with Crippen molar-refractivity contribution in [3.63, 3.8) is 0 Å². The molecule has 66 valence electrons. The van der Waals surface area contributed by atoms with Gasteiger partial charge in [-0.1, -0.05) is 0 Å². The van der Waals surface area contributed by atoms with E-state index >= 15 is 0 Å². The Morgan fingerprint density at radius 3 is 2.67 bits per heavy atom. The first kappa shape index (κ1) is 8.84. The Balaban J connectivity index is 2.88. The predicted molar refractivity (Wildman–Crippen MR) is 46.1 cm³/mol. The maximum Gasteiger partial charge on any atom is 0.354 e. The van der Waals surface area contributed by atoms with E-state index in [-0.39, 0.29) is 5.97 Å². The fraction of sp³-hybridized carbons (Fsp3) is 0.444. The molecule has 0 unspecified atom stereocenters. The summed E-state index contributed by atoms with van der Waals surface area (Å²) in [6.45, 7) is 4.17. The Morgan fingerprint density at radius 2 is 2.25 bits per heavy atom. The van der Waals surface area contributed by atoms with Crippen molar-refractivity contribution in [2.45, 2.75) is 13.8 Å². The lowest BCUT2D eigenvalue weighted by molar-refractivity contribution is 0.0515. The number of aromatic nitrogens is 1. The maximum atomic E-state index is 11.2. The van der Waals surface area contributed by atoms with E-state index in [1.54, 1.807) is 13.0 Å². The number of ether oxygens (including phenoxy) is 1. The Morgan fingerprint density at radius 1 is 1.58 bits per heavy atom. The lowest BCUT2D eigenvalue weighted by Crippen LogP contribution is -2.10. The summed E-state index contributed by atoms with van der Waals surface area (Å²) in [7, 11) is 1.85. The number of aryl methyl sites for hydroxylation is 1. The van der Waals surface area contributed by atoms with Crippen LogP contribution in [0.2, 0.25) is 0 Å². The fourth-order valence-corrected chi connectivity index (χ4v) is 1.02. The summed E-state index contributed by atoms with van der Waals surface area (Å²) >= 11 is 0. The van der Waals surface area contributed by atoms with Gasteiger partial charge in [0, 0.05) is 12.7 Å². The summed E-state index contributed by atoms with van der Waals surface area (Å²) in [5.41, 5.74) is 1.66. The van der Waals surface area contributed by atoms with Gasteiger partial charge in [0.1, 0.15) is 5.69 Å². The standard InChI is InChI=1S/C9H13NO2/c1-4-12-9(11)8-6-5-7(2)10(8)3/h5-6H,4H2,1-3H3. The molecule has 1 rings (SSSR count). The van der Waals surface area contributed by atoms with Crippen molar-refractivity contribution >= 4 is 5.97 Å². The molecule has 12 heavy (non-hydrogen) atoms. The van der Waals surface area contributed by atoms with Crippen molar-refractivity contribution in [2.75, 3.05) is 6.61 Å². The summed E-state index contributed by atoms with van der Waals surface area (Å²) in [5.74, 6) is -0.256. The zero-order valence-corrected chi connectivity index (χ0v) is 7.63. The average molecular weight is 167 g/mol. The minimum atomic E-state index is -0.256. The first-order chi connectivity index (χ1) is 5.66. The van der Waals surface area contributed by atoms with Crippen LogP contribution >= 0.6 is 0 Å². The second-order valence-electron chi connectivity index (χ2n) is 2.64. The summed E-state index contributed by atoms with van der Waals surface area (Å²) in [6.07, 6.45) is 0. The molecule has 1 heterocycles. The molecule has 0 aliphatic rings. The second-order valence-corrected chi connectivity index (χ2v) is 2.64. The zero-order valence-electron chi connectivity index (χ0n) is 7.63. The van der Waals surface area contributed by atoms with Gasteiger partial charge in [0.05, 0.1) is 6.61 Å². The molecule has 0 aliphatic carbocycles. The van der Waals surface area contributed by atoms with Crippen LogP contribution in [0, 0.1) is 6.92 Å². The van der Waals surface area contributed by atoms with E-state index < -0.39 is 0 Å². The van der Waals surface area contributed by atoms with Gasteiger partial charge >= 0.3 is 5.97 Å². The Kier molecular flexibility index (Phi) is 2.53. The van der Waals surface area contributed by atoms with Crippen molar-refractivity contribution in [1.29, 1.82) is 0 Å². The van der Waals surface area contributed by atoms with Crippen LogP contribution in [0.25, 0.3) is 0 Å². The molecule has 0 aromatic carbocycles. The van der Waals surface area contributed by atoms with Gasteiger partial charge in [-0.2, -0.15) is 0 Å². The minimum Gasteiger partial charge on any atom is -0.461 e. The number of hydrogen-bond acceptors (Lipinski definition) is 2. The van der Waals surface area contributed by atoms with E-state index in [1.807, 2.05) is 24.6 Å². The van der Waals surface area contributed by atoms with E-state index in [0.717, 1.165) is 5.69 Å². The first-order valence-corrected chi connectivity index (χ1v) is 3.96. The van der Waals surface area contributed by atoms with Gasteiger partial charge in [-0.25, -0.2) is 4.79 Å². The number of rotatable bonds is 2. The SMILES string of the molecule is CCOC(=O)c1ccc(C)n1C. The smallest absolute Gasteiger partial charge is 0.354 e. The zero-order chi connectivity index (χ0) is 9.14. The highest BCUT2D eigenvalue weighted by Crippen LogP contribution is 2.06. The predicted octanol–water partition coefficient (Wildman–Crippen LogP) is 1.51. The van der Waals surface area contributed by atoms with E-state index in [2.05, 4.69) is 0 Å².